The summed E-state index contributed by atoms with van der Waals surface area (Å²) in [6.07, 6.45) is -4.46. The van der Waals surface area contributed by atoms with Crippen LogP contribution in [0.1, 0.15) is 5.56 Å². The van der Waals surface area contributed by atoms with E-state index in [-0.39, 0.29) is 22.5 Å². The maximum Gasteiger partial charge on any atom is 0.416 e. The molecule has 0 atom stereocenters. The molecule has 112 valence electrons. The zero-order valence-corrected chi connectivity index (χ0v) is 11.0. The quantitative estimate of drug-likeness (QED) is 0.686. The number of aromatic hydroxyl groups is 1. The predicted octanol–water partition coefficient (Wildman–Crippen LogP) is 4.18. The summed E-state index contributed by atoms with van der Waals surface area (Å²) in [5.74, 6) is -0.313. The SMILES string of the molecule is O=c1oc2ccccc2c(O)c1-c1ccc(C(F)(F)F)cc1. The molecule has 0 saturated heterocycles. The highest BCUT2D eigenvalue weighted by Crippen LogP contribution is 2.35. The van der Waals surface area contributed by atoms with Crippen LogP contribution in [0.5, 0.6) is 5.75 Å². The monoisotopic (exact) mass is 306 g/mol. The Morgan fingerprint density at radius 1 is 0.955 bits per heavy atom. The van der Waals surface area contributed by atoms with E-state index in [1.54, 1.807) is 18.2 Å². The lowest BCUT2D eigenvalue weighted by molar-refractivity contribution is -0.137. The number of para-hydroxylation sites is 1. The van der Waals surface area contributed by atoms with Gasteiger partial charge in [0.15, 0.2) is 0 Å². The predicted molar refractivity (Wildman–Crippen MR) is 74.6 cm³/mol. The van der Waals surface area contributed by atoms with Crippen molar-refractivity contribution in [1.82, 2.24) is 0 Å². The molecule has 0 bridgehead atoms. The van der Waals surface area contributed by atoms with Gasteiger partial charge in [0.05, 0.1) is 10.9 Å². The van der Waals surface area contributed by atoms with E-state index in [1.807, 2.05) is 0 Å². The molecule has 6 heteroatoms. The van der Waals surface area contributed by atoms with E-state index in [1.165, 1.54) is 6.07 Å². The summed E-state index contributed by atoms with van der Waals surface area (Å²) < 4.78 is 42.8. The van der Waals surface area contributed by atoms with Crippen LogP contribution in [0.2, 0.25) is 0 Å². The first-order valence-corrected chi connectivity index (χ1v) is 6.30. The average molecular weight is 306 g/mol. The molecule has 1 aromatic heterocycles. The average Bonchev–Trinajstić information content (AvgIpc) is 2.47. The van der Waals surface area contributed by atoms with Crippen LogP contribution in [-0.4, -0.2) is 5.11 Å². The van der Waals surface area contributed by atoms with Crippen molar-refractivity contribution in [3.63, 3.8) is 0 Å². The first-order chi connectivity index (χ1) is 10.4. The number of fused-ring (bicyclic) bond motifs is 1. The Kier molecular flexibility index (Phi) is 3.16. The minimum atomic E-state index is -4.46. The minimum Gasteiger partial charge on any atom is -0.506 e. The maximum atomic E-state index is 12.6. The van der Waals surface area contributed by atoms with E-state index in [4.69, 9.17) is 4.42 Å². The maximum absolute atomic E-state index is 12.6. The molecule has 3 nitrogen and oxygen atoms in total. The van der Waals surface area contributed by atoms with Gasteiger partial charge in [0.2, 0.25) is 0 Å². The number of hydrogen-bond acceptors (Lipinski definition) is 3. The van der Waals surface area contributed by atoms with Crippen LogP contribution in [0, 0.1) is 0 Å². The highest BCUT2D eigenvalue weighted by molar-refractivity contribution is 5.90. The minimum absolute atomic E-state index is 0.157. The summed E-state index contributed by atoms with van der Waals surface area (Å²) in [5.41, 5.74) is -1.44. The van der Waals surface area contributed by atoms with Gasteiger partial charge in [-0.25, -0.2) is 4.79 Å². The molecule has 0 aliphatic rings. The third kappa shape index (κ3) is 2.32. The standard InChI is InChI=1S/C16H9F3O3/c17-16(18,19)10-7-5-9(6-8-10)13-14(20)11-3-1-2-4-12(11)22-15(13)21/h1-8,20H. The van der Waals surface area contributed by atoms with E-state index >= 15 is 0 Å². The molecule has 0 aliphatic carbocycles. The van der Waals surface area contributed by atoms with Crippen molar-refractivity contribution in [2.75, 3.05) is 0 Å². The zero-order chi connectivity index (χ0) is 15.9. The second kappa shape index (κ2) is 4.91. The Labute approximate surface area is 122 Å². The largest absolute Gasteiger partial charge is 0.506 e. The highest BCUT2D eigenvalue weighted by atomic mass is 19.4. The summed E-state index contributed by atoms with van der Waals surface area (Å²) in [6.45, 7) is 0. The van der Waals surface area contributed by atoms with E-state index in [0.717, 1.165) is 24.3 Å². The zero-order valence-electron chi connectivity index (χ0n) is 11.0. The van der Waals surface area contributed by atoms with Crippen molar-refractivity contribution in [3.8, 4) is 16.9 Å². The number of alkyl halides is 3. The van der Waals surface area contributed by atoms with Crippen molar-refractivity contribution in [2.45, 2.75) is 6.18 Å². The second-order valence-corrected chi connectivity index (χ2v) is 4.68. The van der Waals surface area contributed by atoms with Gasteiger partial charge in [-0.15, -0.1) is 0 Å². The van der Waals surface area contributed by atoms with Crippen molar-refractivity contribution < 1.29 is 22.7 Å². The normalized spacial score (nSPS) is 11.8. The lowest BCUT2D eigenvalue weighted by atomic mass is 10.0. The molecule has 0 radical (unpaired) electrons. The molecule has 3 aromatic rings. The Bertz CT molecular complexity index is 893. The van der Waals surface area contributed by atoms with Gasteiger partial charge in [-0.1, -0.05) is 24.3 Å². The summed E-state index contributed by atoms with van der Waals surface area (Å²) >= 11 is 0. The van der Waals surface area contributed by atoms with Crippen LogP contribution in [0.4, 0.5) is 13.2 Å². The molecule has 0 fully saturated rings. The fraction of sp³-hybridized carbons (Fsp3) is 0.0625. The lowest BCUT2D eigenvalue weighted by Gasteiger charge is -2.09. The first kappa shape index (κ1) is 14.2. The van der Waals surface area contributed by atoms with Crippen LogP contribution < -0.4 is 5.63 Å². The molecule has 0 spiro atoms. The molecule has 0 aliphatic heterocycles. The second-order valence-electron chi connectivity index (χ2n) is 4.68. The smallest absolute Gasteiger partial charge is 0.416 e. The molecule has 0 unspecified atom stereocenters. The number of hydrogen-bond donors (Lipinski definition) is 1. The first-order valence-electron chi connectivity index (χ1n) is 6.30. The molecule has 0 amide bonds. The molecular weight excluding hydrogens is 297 g/mol. The van der Waals surface area contributed by atoms with Crippen LogP contribution in [0.25, 0.3) is 22.1 Å². The Hall–Kier alpha value is -2.76. The van der Waals surface area contributed by atoms with Gasteiger partial charge in [-0.3, -0.25) is 0 Å². The topological polar surface area (TPSA) is 50.4 Å². The Morgan fingerprint density at radius 3 is 2.23 bits per heavy atom. The molecule has 22 heavy (non-hydrogen) atoms. The van der Waals surface area contributed by atoms with Crippen molar-refractivity contribution in [3.05, 3.63) is 64.5 Å². The number of benzene rings is 2. The summed E-state index contributed by atoms with van der Waals surface area (Å²) in [7, 11) is 0. The number of rotatable bonds is 1. The van der Waals surface area contributed by atoms with E-state index < -0.39 is 17.4 Å². The fourth-order valence-electron chi connectivity index (χ4n) is 2.21. The number of halogens is 3. The molecular formula is C16H9F3O3. The van der Waals surface area contributed by atoms with Crippen molar-refractivity contribution in [1.29, 1.82) is 0 Å². The summed E-state index contributed by atoms with van der Waals surface area (Å²) in [4.78, 5) is 12.0. The van der Waals surface area contributed by atoms with Crippen LogP contribution >= 0.6 is 0 Å². The van der Waals surface area contributed by atoms with Crippen LogP contribution in [-0.2, 0) is 6.18 Å². The van der Waals surface area contributed by atoms with Crippen molar-refractivity contribution >= 4 is 11.0 Å². The molecule has 2 aromatic carbocycles. The summed E-state index contributed by atoms with van der Waals surface area (Å²) in [6, 6.07) is 10.3. The molecule has 0 saturated carbocycles. The third-order valence-electron chi connectivity index (χ3n) is 3.29. The molecule has 3 rings (SSSR count). The van der Waals surface area contributed by atoms with Gasteiger partial charge in [0.25, 0.3) is 0 Å². The van der Waals surface area contributed by atoms with Crippen molar-refractivity contribution in [2.24, 2.45) is 0 Å². The van der Waals surface area contributed by atoms with Gasteiger partial charge < -0.3 is 9.52 Å². The van der Waals surface area contributed by atoms with E-state index in [2.05, 4.69) is 0 Å². The molecule has 1 N–H and O–H groups in total. The van der Waals surface area contributed by atoms with Gasteiger partial charge >= 0.3 is 11.8 Å². The van der Waals surface area contributed by atoms with Gasteiger partial charge in [-0.05, 0) is 29.8 Å². The highest BCUT2D eigenvalue weighted by Gasteiger charge is 2.30. The van der Waals surface area contributed by atoms with Crippen LogP contribution in [0.3, 0.4) is 0 Å². The lowest BCUT2D eigenvalue weighted by Crippen LogP contribution is -2.06. The van der Waals surface area contributed by atoms with Crippen LogP contribution in [0.15, 0.2) is 57.7 Å². The molecule has 1 heterocycles. The van der Waals surface area contributed by atoms with Gasteiger partial charge in [0.1, 0.15) is 16.9 Å². The fourth-order valence-corrected chi connectivity index (χ4v) is 2.21. The van der Waals surface area contributed by atoms with Gasteiger partial charge in [0, 0.05) is 0 Å². The Morgan fingerprint density at radius 2 is 1.59 bits per heavy atom. The Balaban J connectivity index is 2.20. The van der Waals surface area contributed by atoms with Gasteiger partial charge in [-0.2, -0.15) is 13.2 Å². The van der Waals surface area contributed by atoms with E-state index in [0.29, 0.717) is 5.39 Å². The summed E-state index contributed by atoms with van der Waals surface area (Å²) in [5, 5.41) is 10.5. The van der Waals surface area contributed by atoms with E-state index in [9.17, 15) is 23.1 Å². The third-order valence-corrected chi connectivity index (χ3v) is 3.29.